The van der Waals surface area contributed by atoms with Crippen LogP contribution >= 0.6 is 0 Å². The second-order valence-corrected chi connectivity index (χ2v) is 5.45. The van der Waals surface area contributed by atoms with Gasteiger partial charge < -0.3 is 10.3 Å². The van der Waals surface area contributed by atoms with E-state index in [1.807, 2.05) is 48.9 Å². The average molecular weight is 283 g/mol. The topological polar surface area (TPSA) is 43.8 Å². The molecular formula is C17H18FN3. The van der Waals surface area contributed by atoms with Gasteiger partial charge >= 0.3 is 0 Å². The van der Waals surface area contributed by atoms with Gasteiger partial charge in [0.05, 0.1) is 11.0 Å². The van der Waals surface area contributed by atoms with E-state index in [1.54, 1.807) is 0 Å². The molecule has 3 nitrogen and oxygen atoms in total. The zero-order valence-corrected chi connectivity index (χ0v) is 12.2. The Kier molecular flexibility index (Phi) is 3.47. The van der Waals surface area contributed by atoms with Gasteiger partial charge in [0.15, 0.2) is 0 Å². The second kappa shape index (κ2) is 5.30. The molecule has 0 spiro atoms. The molecule has 0 amide bonds. The van der Waals surface area contributed by atoms with Crippen molar-refractivity contribution in [3.05, 3.63) is 65.2 Å². The zero-order valence-electron chi connectivity index (χ0n) is 12.2. The predicted octanol–water partition coefficient (Wildman–Crippen LogP) is 3.26. The van der Waals surface area contributed by atoms with E-state index < -0.39 is 0 Å². The Bertz CT molecular complexity index is 772. The molecule has 0 aliphatic rings. The highest BCUT2D eigenvalue weighted by Crippen LogP contribution is 2.21. The maximum Gasteiger partial charge on any atom is 0.123 e. The fourth-order valence-corrected chi connectivity index (χ4v) is 2.67. The van der Waals surface area contributed by atoms with Gasteiger partial charge in [-0.1, -0.05) is 18.2 Å². The number of para-hydroxylation sites is 2. The molecular weight excluding hydrogens is 265 g/mol. The average Bonchev–Trinajstić information content (AvgIpc) is 2.75. The first-order valence-corrected chi connectivity index (χ1v) is 6.97. The fourth-order valence-electron chi connectivity index (χ4n) is 2.67. The number of nitrogens with two attached hydrogens (primary N) is 1. The van der Waals surface area contributed by atoms with Crippen molar-refractivity contribution in [1.82, 2.24) is 9.55 Å². The van der Waals surface area contributed by atoms with Crippen molar-refractivity contribution in [3.63, 3.8) is 0 Å². The molecule has 0 aliphatic carbocycles. The first kappa shape index (κ1) is 13.8. The van der Waals surface area contributed by atoms with Crippen LogP contribution < -0.4 is 5.73 Å². The largest absolute Gasteiger partial charge is 0.331 e. The van der Waals surface area contributed by atoms with E-state index in [9.17, 15) is 4.39 Å². The quantitative estimate of drug-likeness (QED) is 0.801. The lowest BCUT2D eigenvalue weighted by atomic mass is 10.0. The summed E-state index contributed by atoms with van der Waals surface area (Å²) in [6, 6.07) is 12.6. The minimum atomic E-state index is -0.269. The van der Waals surface area contributed by atoms with Gasteiger partial charge in [-0.3, -0.25) is 0 Å². The van der Waals surface area contributed by atoms with Crippen LogP contribution in [-0.2, 0) is 13.5 Å². The molecule has 0 fully saturated rings. The molecule has 2 aromatic carbocycles. The summed E-state index contributed by atoms with van der Waals surface area (Å²) in [6.07, 6.45) is 0.577. The number of nitrogens with zero attached hydrogens (tertiary/aromatic N) is 2. The molecule has 4 heteroatoms. The van der Waals surface area contributed by atoms with Crippen LogP contribution in [0.4, 0.5) is 4.39 Å². The van der Waals surface area contributed by atoms with Gasteiger partial charge in [0, 0.05) is 19.5 Å². The SMILES string of the molecule is Cc1cc(F)cc(C(N)Cc2nc3ccccc3n2C)c1. The number of aromatic nitrogens is 2. The molecule has 1 heterocycles. The van der Waals surface area contributed by atoms with Crippen molar-refractivity contribution in [1.29, 1.82) is 0 Å². The fraction of sp³-hybridized carbons (Fsp3) is 0.235. The number of imidazole rings is 1. The van der Waals surface area contributed by atoms with Gasteiger partial charge in [-0.15, -0.1) is 0 Å². The van der Waals surface area contributed by atoms with Crippen LogP contribution in [0.5, 0.6) is 0 Å². The molecule has 0 bridgehead atoms. The molecule has 0 saturated carbocycles. The third-order valence-electron chi connectivity index (χ3n) is 3.77. The van der Waals surface area contributed by atoms with Crippen molar-refractivity contribution in [3.8, 4) is 0 Å². The minimum Gasteiger partial charge on any atom is -0.331 e. The van der Waals surface area contributed by atoms with Gasteiger partial charge in [-0.05, 0) is 42.3 Å². The molecule has 0 radical (unpaired) electrons. The maximum absolute atomic E-state index is 13.5. The van der Waals surface area contributed by atoms with Crippen molar-refractivity contribution >= 4 is 11.0 Å². The number of hydrogen-bond donors (Lipinski definition) is 1. The smallest absolute Gasteiger partial charge is 0.123 e. The van der Waals surface area contributed by atoms with E-state index in [2.05, 4.69) is 4.98 Å². The highest BCUT2D eigenvalue weighted by molar-refractivity contribution is 5.75. The molecule has 1 aromatic heterocycles. The number of halogens is 1. The molecule has 108 valence electrons. The molecule has 3 rings (SSSR count). The number of benzene rings is 2. The lowest BCUT2D eigenvalue weighted by Gasteiger charge is -2.13. The summed E-state index contributed by atoms with van der Waals surface area (Å²) in [5.74, 6) is 0.663. The normalized spacial score (nSPS) is 12.8. The predicted molar refractivity (Wildman–Crippen MR) is 82.5 cm³/mol. The summed E-state index contributed by atoms with van der Waals surface area (Å²) in [6.45, 7) is 1.87. The zero-order chi connectivity index (χ0) is 15.0. The molecule has 1 unspecified atom stereocenters. The molecule has 0 saturated heterocycles. The van der Waals surface area contributed by atoms with Crippen molar-refractivity contribution in [2.24, 2.45) is 12.8 Å². The number of fused-ring (bicyclic) bond motifs is 1. The summed E-state index contributed by atoms with van der Waals surface area (Å²) in [5.41, 5.74) is 9.96. The molecule has 0 aliphatic heterocycles. The Morgan fingerprint density at radius 3 is 2.71 bits per heavy atom. The van der Waals surface area contributed by atoms with E-state index >= 15 is 0 Å². The number of hydrogen-bond acceptors (Lipinski definition) is 2. The third-order valence-corrected chi connectivity index (χ3v) is 3.77. The van der Waals surface area contributed by atoms with Crippen LogP contribution in [0.2, 0.25) is 0 Å². The molecule has 21 heavy (non-hydrogen) atoms. The van der Waals surface area contributed by atoms with Crippen molar-refractivity contribution in [2.45, 2.75) is 19.4 Å². The standard InChI is InChI=1S/C17H18FN3/c1-11-7-12(9-13(18)8-11)14(19)10-17-20-15-5-3-4-6-16(15)21(17)2/h3-9,14H,10,19H2,1-2H3. The molecule has 1 atom stereocenters. The Balaban J connectivity index is 1.92. The maximum atomic E-state index is 13.5. The first-order valence-electron chi connectivity index (χ1n) is 6.97. The third kappa shape index (κ3) is 2.67. The van der Waals surface area contributed by atoms with E-state index in [-0.39, 0.29) is 11.9 Å². The van der Waals surface area contributed by atoms with Gasteiger partial charge in [0.2, 0.25) is 0 Å². The van der Waals surface area contributed by atoms with Gasteiger partial charge in [-0.25, -0.2) is 9.37 Å². The van der Waals surface area contributed by atoms with E-state index in [4.69, 9.17) is 5.73 Å². The lowest BCUT2D eigenvalue weighted by molar-refractivity contribution is 0.612. The molecule has 2 N–H and O–H groups in total. The van der Waals surface area contributed by atoms with E-state index in [1.165, 1.54) is 12.1 Å². The van der Waals surface area contributed by atoms with Crippen molar-refractivity contribution in [2.75, 3.05) is 0 Å². The minimum absolute atomic E-state index is 0.245. The number of aryl methyl sites for hydroxylation is 2. The van der Waals surface area contributed by atoms with E-state index in [0.717, 1.165) is 28.0 Å². The van der Waals surface area contributed by atoms with Crippen LogP contribution in [0.25, 0.3) is 11.0 Å². The number of rotatable bonds is 3. The summed E-state index contributed by atoms with van der Waals surface area (Å²) in [5, 5.41) is 0. The van der Waals surface area contributed by atoms with Crippen LogP contribution in [0, 0.1) is 12.7 Å². The van der Waals surface area contributed by atoms with Crippen LogP contribution in [0.15, 0.2) is 42.5 Å². The highest BCUT2D eigenvalue weighted by Gasteiger charge is 2.14. The lowest BCUT2D eigenvalue weighted by Crippen LogP contribution is -2.16. The Morgan fingerprint density at radius 2 is 2.00 bits per heavy atom. The first-order chi connectivity index (χ1) is 10.0. The summed E-state index contributed by atoms with van der Waals surface area (Å²) in [7, 11) is 1.98. The van der Waals surface area contributed by atoms with Gasteiger partial charge in [0.25, 0.3) is 0 Å². The van der Waals surface area contributed by atoms with Crippen LogP contribution in [0.3, 0.4) is 0 Å². The summed E-state index contributed by atoms with van der Waals surface area (Å²) in [4.78, 5) is 4.61. The van der Waals surface area contributed by atoms with Gasteiger partial charge in [-0.2, -0.15) is 0 Å². The van der Waals surface area contributed by atoms with Crippen molar-refractivity contribution < 1.29 is 4.39 Å². The summed E-state index contributed by atoms with van der Waals surface area (Å²) >= 11 is 0. The second-order valence-electron chi connectivity index (χ2n) is 5.45. The van der Waals surface area contributed by atoms with Gasteiger partial charge in [0.1, 0.15) is 11.6 Å². The van der Waals surface area contributed by atoms with Crippen LogP contribution in [0.1, 0.15) is 23.0 Å². The Labute approximate surface area is 123 Å². The highest BCUT2D eigenvalue weighted by atomic mass is 19.1. The monoisotopic (exact) mass is 283 g/mol. The molecule has 3 aromatic rings. The van der Waals surface area contributed by atoms with Crippen LogP contribution in [-0.4, -0.2) is 9.55 Å². The Morgan fingerprint density at radius 1 is 1.24 bits per heavy atom. The van der Waals surface area contributed by atoms with E-state index in [0.29, 0.717) is 6.42 Å². The summed E-state index contributed by atoms with van der Waals surface area (Å²) < 4.78 is 15.5. The Hall–Kier alpha value is -2.20.